The van der Waals surface area contributed by atoms with Gasteiger partial charge in [0.05, 0.1) is 25.8 Å². The van der Waals surface area contributed by atoms with Crippen molar-refractivity contribution in [2.24, 2.45) is 5.10 Å². The zero-order valence-corrected chi connectivity index (χ0v) is 16.8. The van der Waals surface area contributed by atoms with Crippen LogP contribution in [-0.4, -0.2) is 35.6 Å². The summed E-state index contributed by atoms with van der Waals surface area (Å²) in [6.07, 6.45) is -0.130. The molecule has 2 aromatic carbocycles. The van der Waals surface area contributed by atoms with Gasteiger partial charge in [-0.3, -0.25) is 10.2 Å². The van der Waals surface area contributed by atoms with Gasteiger partial charge in [0.15, 0.2) is 5.11 Å². The number of hydrogen-bond donors (Lipinski definition) is 3. The molecule has 0 spiro atoms. The van der Waals surface area contributed by atoms with Gasteiger partial charge in [0.2, 0.25) is 0 Å². The van der Waals surface area contributed by atoms with E-state index in [0.29, 0.717) is 28.7 Å². The van der Waals surface area contributed by atoms with E-state index in [0.717, 1.165) is 17.0 Å². The van der Waals surface area contributed by atoms with Crippen molar-refractivity contribution in [3.63, 3.8) is 0 Å². The summed E-state index contributed by atoms with van der Waals surface area (Å²) in [7, 11) is 1.51. The quantitative estimate of drug-likeness (QED) is 0.354. The summed E-state index contributed by atoms with van der Waals surface area (Å²) in [6, 6.07) is 12.7. The summed E-state index contributed by atoms with van der Waals surface area (Å²) in [5.41, 5.74) is 5.60. The second-order valence-electron chi connectivity index (χ2n) is 5.82. The van der Waals surface area contributed by atoms with Crippen LogP contribution >= 0.6 is 12.2 Å². The summed E-state index contributed by atoms with van der Waals surface area (Å²) in [4.78, 5) is 11.0. The number of nitrogens with one attached hydrogen (secondary N) is 2. The van der Waals surface area contributed by atoms with Crippen LogP contribution in [0.1, 0.15) is 25.0 Å². The first-order chi connectivity index (χ1) is 13.4. The van der Waals surface area contributed by atoms with Gasteiger partial charge in [-0.2, -0.15) is 5.10 Å². The van der Waals surface area contributed by atoms with Crippen LogP contribution in [0.15, 0.2) is 47.6 Å². The lowest BCUT2D eigenvalue weighted by Crippen LogP contribution is -2.25. The monoisotopic (exact) mass is 401 g/mol. The minimum atomic E-state index is -0.927. The van der Waals surface area contributed by atoms with Gasteiger partial charge in [-0.1, -0.05) is 0 Å². The highest BCUT2D eigenvalue weighted by atomic mass is 32.1. The van der Waals surface area contributed by atoms with Crippen LogP contribution in [0, 0.1) is 0 Å². The summed E-state index contributed by atoms with van der Waals surface area (Å²) in [6.45, 7) is 4.35. The second kappa shape index (κ2) is 10.3. The molecule has 2 rings (SSSR count). The van der Waals surface area contributed by atoms with E-state index >= 15 is 0 Å². The number of nitrogens with zero attached hydrogens (tertiary/aromatic N) is 1. The molecule has 0 saturated heterocycles. The van der Waals surface area contributed by atoms with Crippen molar-refractivity contribution in [3.05, 3.63) is 53.6 Å². The molecule has 0 unspecified atom stereocenters. The number of methoxy groups -OCH3 is 1. The molecule has 0 aliphatic rings. The molecule has 0 aliphatic carbocycles. The molecule has 0 aromatic heterocycles. The molecule has 0 atom stereocenters. The molecule has 148 valence electrons. The first-order valence-corrected chi connectivity index (χ1v) is 9.07. The molecule has 0 radical (unpaired) electrons. The van der Waals surface area contributed by atoms with Crippen molar-refractivity contribution in [1.29, 1.82) is 0 Å². The molecule has 7 nitrogen and oxygen atoms in total. The number of benzene rings is 2. The molecule has 0 fully saturated rings. The Hall–Kier alpha value is -3.13. The highest BCUT2D eigenvalue weighted by Gasteiger charge is 2.10. The normalized spacial score (nSPS) is 10.9. The topological polar surface area (TPSA) is 92.2 Å². The lowest BCUT2D eigenvalue weighted by Gasteiger charge is -2.11. The van der Waals surface area contributed by atoms with Crippen LogP contribution < -0.4 is 20.2 Å². The van der Waals surface area contributed by atoms with Gasteiger partial charge in [0.25, 0.3) is 0 Å². The van der Waals surface area contributed by atoms with Crippen LogP contribution in [0.25, 0.3) is 0 Å². The number of thiocarbonyl (C=S) groups is 1. The highest BCUT2D eigenvalue weighted by Crippen LogP contribution is 2.21. The Morgan fingerprint density at radius 2 is 1.93 bits per heavy atom. The largest absolute Gasteiger partial charge is 0.496 e. The standard InChI is InChI=1S/C20H23N3O4S/c1-4-27-17-8-6-16(7-9-17)21-20(28)23-22-13(2)14-5-10-18(26-3)15(11-14)12-19(24)25/h5-11H,4,12H2,1-3H3,(H,24,25)(H2,21,23,28)/b22-13-. The number of aliphatic carboxylic acids is 1. The van der Waals surface area contributed by atoms with Crippen molar-refractivity contribution in [2.75, 3.05) is 19.0 Å². The predicted octanol–water partition coefficient (Wildman–Crippen LogP) is 3.43. The number of carbonyl (C=O) groups is 1. The number of carboxylic acid groups (broad SMARTS) is 1. The number of rotatable bonds is 8. The summed E-state index contributed by atoms with van der Waals surface area (Å²) in [5.74, 6) is 0.390. The molecule has 28 heavy (non-hydrogen) atoms. The molecule has 0 aliphatic heterocycles. The number of hydrogen-bond acceptors (Lipinski definition) is 5. The van der Waals surface area contributed by atoms with Gasteiger partial charge in [0, 0.05) is 11.3 Å². The predicted molar refractivity (Wildman–Crippen MR) is 114 cm³/mol. The SMILES string of the molecule is CCOc1ccc(NC(=S)N/N=C(/C)c2ccc(OC)c(CC(=O)O)c2)cc1. The van der Waals surface area contributed by atoms with Gasteiger partial charge in [-0.05, 0) is 74.1 Å². The van der Waals surface area contributed by atoms with Crippen molar-refractivity contribution >= 4 is 34.7 Å². The van der Waals surface area contributed by atoms with Gasteiger partial charge in [-0.25, -0.2) is 0 Å². The van der Waals surface area contributed by atoms with Crippen molar-refractivity contribution in [2.45, 2.75) is 20.3 Å². The van der Waals surface area contributed by atoms with E-state index in [4.69, 9.17) is 26.8 Å². The second-order valence-corrected chi connectivity index (χ2v) is 6.23. The van der Waals surface area contributed by atoms with Crippen LogP contribution in [0.3, 0.4) is 0 Å². The minimum absolute atomic E-state index is 0.130. The van der Waals surface area contributed by atoms with E-state index < -0.39 is 5.97 Å². The van der Waals surface area contributed by atoms with Gasteiger partial charge in [0.1, 0.15) is 11.5 Å². The molecule has 3 N–H and O–H groups in total. The molecule has 2 aromatic rings. The first kappa shape index (κ1) is 21.2. The van der Waals surface area contributed by atoms with Gasteiger partial charge in [-0.15, -0.1) is 0 Å². The maximum atomic E-state index is 11.0. The molecule has 0 bridgehead atoms. The highest BCUT2D eigenvalue weighted by molar-refractivity contribution is 7.80. The summed E-state index contributed by atoms with van der Waals surface area (Å²) < 4.78 is 10.6. The lowest BCUT2D eigenvalue weighted by atomic mass is 10.0. The molecular formula is C20H23N3O4S. The van der Waals surface area contributed by atoms with Crippen molar-refractivity contribution < 1.29 is 19.4 Å². The third-order valence-electron chi connectivity index (χ3n) is 3.79. The average Bonchev–Trinajstić information content (AvgIpc) is 2.67. The fourth-order valence-electron chi connectivity index (χ4n) is 2.46. The van der Waals surface area contributed by atoms with Crippen LogP contribution in [-0.2, 0) is 11.2 Å². The Labute approximate surface area is 169 Å². The third kappa shape index (κ3) is 6.24. The Kier molecular flexibility index (Phi) is 7.76. The maximum Gasteiger partial charge on any atom is 0.307 e. The van der Waals surface area contributed by atoms with Gasteiger partial charge >= 0.3 is 5.97 Å². The zero-order valence-electron chi connectivity index (χ0n) is 16.0. The van der Waals surface area contributed by atoms with E-state index in [1.807, 2.05) is 37.3 Å². The van der Waals surface area contributed by atoms with E-state index in [-0.39, 0.29) is 6.42 Å². The molecule has 0 saturated carbocycles. The van der Waals surface area contributed by atoms with Crippen LogP contribution in [0.5, 0.6) is 11.5 Å². The fraction of sp³-hybridized carbons (Fsp3) is 0.250. The zero-order chi connectivity index (χ0) is 20.5. The number of anilines is 1. The van der Waals surface area contributed by atoms with E-state index in [2.05, 4.69) is 15.8 Å². The fourth-order valence-corrected chi connectivity index (χ4v) is 2.63. The number of ether oxygens (including phenoxy) is 2. The van der Waals surface area contributed by atoms with Crippen molar-refractivity contribution in [1.82, 2.24) is 5.43 Å². The molecular weight excluding hydrogens is 378 g/mol. The number of hydrazone groups is 1. The van der Waals surface area contributed by atoms with Crippen LogP contribution in [0.2, 0.25) is 0 Å². The molecule has 0 heterocycles. The Bertz CT molecular complexity index is 866. The number of carboxylic acids is 1. The maximum absolute atomic E-state index is 11.0. The summed E-state index contributed by atoms with van der Waals surface area (Å²) >= 11 is 5.25. The minimum Gasteiger partial charge on any atom is -0.496 e. The summed E-state index contributed by atoms with van der Waals surface area (Å²) in [5, 5.41) is 16.7. The van der Waals surface area contributed by atoms with E-state index in [9.17, 15) is 4.79 Å². The lowest BCUT2D eigenvalue weighted by molar-refractivity contribution is -0.136. The van der Waals surface area contributed by atoms with E-state index in [1.165, 1.54) is 7.11 Å². The Morgan fingerprint density at radius 3 is 2.54 bits per heavy atom. The van der Waals surface area contributed by atoms with Gasteiger partial charge < -0.3 is 19.9 Å². The molecule has 8 heteroatoms. The Balaban J connectivity index is 2.02. The third-order valence-corrected chi connectivity index (χ3v) is 3.98. The van der Waals surface area contributed by atoms with Crippen LogP contribution in [0.4, 0.5) is 5.69 Å². The molecule has 0 amide bonds. The first-order valence-electron chi connectivity index (χ1n) is 8.66. The smallest absolute Gasteiger partial charge is 0.307 e. The average molecular weight is 401 g/mol. The Morgan fingerprint density at radius 1 is 1.21 bits per heavy atom. The van der Waals surface area contributed by atoms with E-state index in [1.54, 1.807) is 19.1 Å². The van der Waals surface area contributed by atoms with Crippen molar-refractivity contribution in [3.8, 4) is 11.5 Å².